The average molecular weight is 271 g/mol. The number of rotatable bonds is 1. The van der Waals surface area contributed by atoms with Gasteiger partial charge >= 0.3 is 0 Å². The van der Waals surface area contributed by atoms with Crippen LogP contribution >= 0.6 is 0 Å². The number of carbonyl (C=O) groups is 2. The Morgan fingerprint density at radius 3 is 1.95 bits per heavy atom. The van der Waals surface area contributed by atoms with Crippen LogP contribution in [0, 0.1) is 29.1 Å². The fraction of sp³-hybridized carbons (Fsp3) is 0.765. The van der Waals surface area contributed by atoms with Gasteiger partial charge in [-0.1, -0.05) is 31.4 Å². The molecule has 1 spiro atoms. The van der Waals surface area contributed by atoms with Crippen molar-refractivity contribution in [1.29, 1.82) is 0 Å². The van der Waals surface area contributed by atoms with Crippen LogP contribution in [0.4, 0.5) is 0 Å². The lowest BCUT2D eigenvalue weighted by molar-refractivity contribution is -0.144. The van der Waals surface area contributed by atoms with E-state index in [4.69, 9.17) is 0 Å². The molecular formula is C17H21NO2. The van der Waals surface area contributed by atoms with Crippen LogP contribution in [0.5, 0.6) is 0 Å². The first-order valence-corrected chi connectivity index (χ1v) is 8.29. The van der Waals surface area contributed by atoms with Crippen LogP contribution in [-0.4, -0.2) is 22.8 Å². The highest BCUT2D eigenvalue weighted by atomic mass is 16.2. The molecule has 0 N–H and O–H groups in total. The fourth-order valence-electron chi connectivity index (χ4n) is 5.80. The summed E-state index contributed by atoms with van der Waals surface area (Å²) in [6, 6.07) is 0.212. The van der Waals surface area contributed by atoms with Crippen LogP contribution in [0.1, 0.15) is 44.9 Å². The van der Waals surface area contributed by atoms with Gasteiger partial charge in [0.2, 0.25) is 11.8 Å². The minimum atomic E-state index is 0.00178. The van der Waals surface area contributed by atoms with Crippen molar-refractivity contribution in [2.75, 3.05) is 0 Å². The summed E-state index contributed by atoms with van der Waals surface area (Å²) in [6.45, 7) is 0. The molecule has 3 saturated carbocycles. The summed E-state index contributed by atoms with van der Waals surface area (Å²) >= 11 is 0. The van der Waals surface area contributed by atoms with Gasteiger partial charge in [0.25, 0.3) is 0 Å². The number of allylic oxidation sites excluding steroid dienone is 2. The molecule has 106 valence electrons. The van der Waals surface area contributed by atoms with Crippen LogP contribution in [0.25, 0.3) is 0 Å². The number of hydrogen-bond acceptors (Lipinski definition) is 2. The molecule has 1 aliphatic heterocycles. The molecule has 4 fully saturated rings. The number of likely N-dealkylation sites (tertiary alicyclic amines) is 1. The number of nitrogens with zero attached hydrogens (tertiary/aromatic N) is 1. The van der Waals surface area contributed by atoms with Crippen molar-refractivity contribution in [2.24, 2.45) is 29.1 Å². The average Bonchev–Trinajstić information content (AvgIpc) is 3.06. The Hall–Kier alpha value is -1.12. The number of hydrogen-bond donors (Lipinski definition) is 0. The van der Waals surface area contributed by atoms with Crippen molar-refractivity contribution in [3.05, 3.63) is 12.2 Å². The summed E-state index contributed by atoms with van der Waals surface area (Å²) in [5.74, 6) is 1.11. The Kier molecular flexibility index (Phi) is 2.05. The zero-order valence-corrected chi connectivity index (χ0v) is 11.8. The van der Waals surface area contributed by atoms with E-state index in [9.17, 15) is 9.59 Å². The molecule has 4 atom stereocenters. The smallest absolute Gasteiger partial charge is 0.233 e. The molecule has 1 saturated heterocycles. The number of amides is 2. The van der Waals surface area contributed by atoms with Gasteiger partial charge in [0.05, 0.1) is 11.8 Å². The second-order valence-electron chi connectivity index (χ2n) is 7.56. The summed E-state index contributed by atoms with van der Waals surface area (Å²) in [4.78, 5) is 27.5. The van der Waals surface area contributed by atoms with E-state index in [2.05, 4.69) is 12.2 Å². The molecule has 5 aliphatic rings. The molecule has 4 aliphatic carbocycles. The van der Waals surface area contributed by atoms with E-state index in [0.717, 1.165) is 12.8 Å². The van der Waals surface area contributed by atoms with Gasteiger partial charge in [-0.3, -0.25) is 14.5 Å². The van der Waals surface area contributed by atoms with E-state index in [1.807, 2.05) is 0 Å². The highest BCUT2D eigenvalue weighted by molar-refractivity contribution is 6.07. The Bertz CT molecular complexity index is 493. The maximum Gasteiger partial charge on any atom is 0.233 e. The Morgan fingerprint density at radius 2 is 1.45 bits per heavy atom. The van der Waals surface area contributed by atoms with E-state index in [1.54, 1.807) is 4.90 Å². The standard InChI is InChI=1S/C17H21NO2/c19-15-13-11-6-7-12(17(11)8-9-17)14(13)16(20)18(15)10-4-2-1-3-5-10/h6-7,10-14H,1-5,8-9H2/t11-,12-,13-,14+/m1/s1. The molecule has 3 nitrogen and oxygen atoms in total. The van der Waals surface area contributed by atoms with Gasteiger partial charge in [0.1, 0.15) is 0 Å². The Balaban J connectivity index is 1.50. The second kappa shape index (κ2) is 3.55. The summed E-state index contributed by atoms with van der Waals surface area (Å²) in [6.07, 6.45) is 12.6. The van der Waals surface area contributed by atoms with Crippen molar-refractivity contribution in [3.63, 3.8) is 0 Å². The van der Waals surface area contributed by atoms with Gasteiger partial charge in [-0.05, 0) is 42.9 Å². The molecular weight excluding hydrogens is 250 g/mol. The predicted molar refractivity (Wildman–Crippen MR) is 73.5 cm³/mol. The number of carbonyl (C=O) groups excluding carboxylic acids is 2. The molecule has 5 rings (SSSR count). The zero-order chi connectivity index (χ0) is 13.5. The van der Waals surface area contributed by atoms with Crippen molar-refractivity contribution < 1.29 is 9.59 Å². The lowest BCUT2D eigenvalue weighted by Gasteiger charge is -2.31. The minimum Gasteiger partial charge on any atom is -0.279 e. The molecule has 3 heteroatoms. The first-order chi connectivity index (χ1) is 9.74. The van der Waals surface area contributed by atoms with Crippen LogP contribution in [0.15, 0.2) is 12.2 Å². The third-order valence-electron chi connectivity index (χ3n) is 6.83. The Morgan fingerprint density at radius 1 is 0.900 bits per heavy atom. The molecule has 0 aromatic rings. The van der Waals surface area contributed by atoms with E-state index in [-0.39, 0.29) is 29.7 Å². The first kappa shape index (κ1) is 11.5. The van der Waals surface area contributed by atoms with Gasteiger partial charge < -0.3 is 0 Å². The van der Waals surface area contributed by atoms with E-state index in [0.29, 0.717) is 17.3 Å². The van der Waals surface area contributed by atoms with Crippen molar-refractivity contribution in [1.82, 2.24) is 4.90 Å². The number of imide groups is 1. The summed E-state index contributed by atoms with van der Waals surface area (Å²) < 4.78 is 0. The molecule has 2 amide bonds. The third kappa shape index (κ3) is 1.15. The largest absolute Gasteiger partial charge is 0.279 e. The van der Waals surface area contributed by atoms with Crippen molar-refractivity contribution in [3.8, 4) is 0 Å². The molecule has 1 heterocycles. The monoisotopic (exact) mass is 271 g/mol. The highest BCUT2D eigenvalue weighted by Crippen LogP contribution is 2.73. The van der Waals surface area contributed by atoms with Crippen molar-refractivity contribution >= 4 is 11.8 Å². The molecule has 0 aromatic heterocycles. The van der Waals surface area contributed by atoms with E-state index >= 15 is 0 Å². The van der Waals surface area contributed by atoms with Gasteiger partial charge in [-0.25, -0.2) is 0 Å². The van der Waals surface area contributed by atoms with Crippen LogP contribution in [0.2, 0.25) is 0 Å². The topological polar surface area (TPSA) is 37.4 Å². The Labute approximate surface area is 119 Å². The van der Waals surface area contributed by atoms with Crippen LogP contribution < -0.4 is 0 Å². The predicted octanol–water partition coefficient (Wildman–Crippen LogP) is 2.52. The summed E-state index contributed by atoms with van der Waals surface area (Å²) in [5, 5.41) is 0. The van der Waals surface area contributed by atoms with Gasteiger partial charge in [-0.2, -0.15) is 0 Å². The van der Waals surface area contributed by atoms with E-state index < -0.39 is 0 Å². The zero-order valence-electron chi connectivity index (χ0n) is 11.8. The number of fused-ring (bicyclic) bond motifs is 3. The third-order valence-corrected chi connectivity index (χ3v) is 6.83. The molecule has 0 unspecified atom stereocenters. The minimum absolute atomic E-state index is 0.00178. The fourth-order valence-corrected chi connectivity index (χ4v) is 5.80. The van der Waals surface area contributed by atoms with Gasteiger partial charge in [-0.15, -0.1) is 0 Å². The lowest BCUT2D eigenvalue weighted by Crippen LogP contribution is -2.43. The lowest BCUT2D eigenvalue weighted by atomic mass is 9.85. The molecule has 0 aromatic carbocycles. The maximum atomic E-state index is 12.9. The SMILES string of the molecule is O=C1[C@@H]2[C@H](C(=O)N1C1CCCCC1)[C@H]1C=C[C@H]2C12CC2. The van der Waals surface area contributed by atoms with Crippen LogP contribution in [-0.2, 0) is 9.59 Å². The van der Waals surface area contributed by atoms with Crippen molar-refractivity contribution in [2.45, 2.75) is 51.0 Å². The van der Waals surface area contributed by atoms with Crippen LogP contribution in [0.3, 0.4) is 0 Å². The van der Waals surface area contributed by atoms with Gasteiger partial charge in [0.15, 0.2) is 0 Å². The first-order valence-electron chi connectivity index (χ1n) is 8.29. The van der Waals surface area contributed by atoms with Gasteiger partial charge in [0, 0.05) is 6.04 Å². The highest BCUT2D eigenvalue weighted by Gasteiger charge is 2.73. The quantitative estimate of drug-likeness (QED) is 0.543. The second-order valence-corrected chi connectivity index (χ2v) is 7.56. The molecule has 20 heavy (non-hydrogen) atoms. The molecule has 2 bridgehead atoms. The summed E-state index contributed by atoms with van der Waals surface area (Å²) in [5.41, 5.74) is 0.333. The molecule has 0 radical (unpaired) electrons. The van der Waals surface area contributed by atoms with E-state index in [1.165, 1.54) is 32.1 Å². The summed E-state index contributed by atoms with van der Waals surface area (Å²) in [7, 11) is 0. The normalized spacial score (nSPS) is 44.7. The maximum absolute atomic E-state index is 12.9.